The highest BCUT2D eigenvalue weighted by Crippen LogP contribution is 2.42. The maximum absolute atomic E-state index is 10.6. The van der Waals surface area contributed by atoms with Gasteiger partial charge in [0.05, 0.1) is 4.92 Å². The molecule has 5 nitrogen and oxygen atoms in total. The predicted octanol–water partition coefficient (Wildman–Crippen LogP) is 4.20. The molecule has 0 saturated heterocycles. The topological polar surface area (TPSA) is 69.4 Å². The summed E-state index contributed by atoms with van der Waals surface area (Å²) in [6, 6.07) is 4.18. The van der Waals surface area contributed by atoms with Crippen molar-refractivity contribution in [2.75, 3.05) is 0 Å². The van der Waals surface area contributed by atoms with Gasteiger partial charge < -0.3 is 4.74 Å². The predicted molar refractivity (Wildman–Crippen MR) is 65.4 cm³/mol. The number of carbonyl (C=O) groups excluding carboxylic acids is 1. The second kappa shape index (κ2) is 4.48. The summed E-state index contributed by atoms with van der Waals surface area (Å²) in [7, 11) is 0. The first-order valence-corrected chi connectivity index (χ1v) is 5.80. The van der Waals surface area contributed by atoms with Gasteiger partial charge in [0.1, 0.15) is 5.02 Å². The number of benzene rings is 1. The van der Waals surface area contributed by atoms with Gasteiger partial charge in [-0.3, -0.25) is 10.1 Å². The lowest BCUT2D eigenvalue weighted by Crippen LogP contribution is -1.93. The van der Waals surface area contributed by atoms with Crippen LogP contribution < -0.4 is 4.74 Å². The van der Waals surface area contributed by atoms with Gasteiger partial charge in [-0.15, -0.1) is 0 Å². The molecule has 88 valence electrons. The fraction of sp³-hybridized carbons (Fsp3) is 0. The van der Waals surface area contributed by atoms with Crippen LogP contribution in [-0.4, -0.2) is 10.4 Å². The number of nitrogens with zero attached hydrogens (tertiary/aromatic N) is 1. The summed E-state index contributed by atoms with van der Waals surface area (Å²) < 4.78 is 5.23. The average molecular weight is 292 g/mol. The van der Waals surface area contributed by atoms with Crippen LogP contribution >= 0.6 is 34.5 Å². The number of nitro groups is 1. The van der Waals surface area contributed by atoms with E-state index in [-0.39, 0.29) is 15.8 Å². The number of hydrogen-bond acceptors (Lipinski definition) is 5. The van der Waals surface area contributed by atoms with Crippen LogP contribution in [0.4, 0.5) is 10.5 Å². The van der Waals surface area contributed by atoms with Crippen LogP contribution in [0.3, 0.4) is 0 Å². The summed E-state index contributed by atoms with van der Waals surface area (Å²) in [5, 5.41) is 11.5. The molecule has 1 aromatic carbocycles. The van der Waals surface area contributed by atoms with Gasteiger partial charge in [-0.25, -0.2) is 4.79 Å². The minimum atomic E-state index is -1.01. The first-order chi connectivity index (χ1) is 7.99. The molecule has 17 heavy (non-hydrogen) atoms. The number of ether oxygens (including phenoxy) is 1. The summed E-state index contributed by atoms with van der Waals surface area (Å²) >= 11 is 12.0. The Morgan fingerprint density at radius 1 is 1.47 bits per heavy atom. The lowest BCUT2D eigenvalue weighted by Gasteiger charge is -1.93. The maximum atomic E-state index is 10.6. The van der Waals surface area contributed by atoms with E-state index in [4.69, 9.17) is 23.2 Å². The van der Waals surface area contributed by atoms with Gasteiger partial charge >= 0.3 is 5.43 Å². The SMILES string of the molecule is O=C(Cl)Oc1sc2cc([N+](=O)[O-])ccc2c1Cl. The molecule has 0 fully saturated rings. The highest BCUT2D eigenvalue weighted by atomic mass is 35.5. The normalized spacial score (nSPS) is 10.5. The van der Waals surface area contributed by atoms with Crippen molar-refractivity contribution in [3.63, 3.8) is 0 Å². The molecule has 0 unspecified atom stereocenters. The van der Waals surface area contributed by atoms with Crippen molar-refractivity contribution in [2.24, 2.45) is 0 Å². The highest BCUT2D eigenvalue weighted by Gasteiger charge is 2.16. The smallest absolute Gasteiger partial charge is 0.402 e. The third-order valence-electron chi connectivity index (χ3n) is 1.97. The zero-order valence-corrected chi connectivity index (χ0v) is 10.3. The third kappa shape index (κ3) is 2.33. The van der Waals surface area contributed by atoms with Gasteiger partial charge in [-0.2, -0.15) is 0 Å². The van der Waals surface area contributed by atoms with Gasteiger partial charge in [-0.1, -0.05) is 22.9 Å². The molecule has 2 aromatic rings. The Bertz CT molecular complexity index is 625. The number of rotatable bonds is 2. The fourth-order valence-electron chi connectivity index (χ4n) is 1.28. The fourth-order valence-corrected chi connectivity index (χ4v) is 2.76. The molecule has 8 heteroatoms. The molecule has 0 radical (unpaired) electrons. The Morgan fingerprint density at radius 3 is 2.76 bits per heavy atom. The van der Waals surface area contributed by atoms with Crippen molar-refractivity contribution in [3.05, 3.63) is 33.3 Å². The Labute approximate surface area is 109 Å². The summed E-state index contributed by atoms with van der Waals surface area (Å²) in [5.74, 6) is 0. The Hall–Kier alpha value is -1.37. The molecule has 0 bridgehead atoms. The Kier molecular flexibility index (Phi) is 3.19. The average Bonchev–Trinajstić information content (AvgIpc) is 2.54. The van der Waals surface area contributed by atoms with Crippen molar-refractivity contribution < 1.29 is 14.5 Å². The van der Waals surface area contributed by atoms with E-state index in [1.165, 1.54) is 18.2 Å². The third-order valence-corrected chi connectivity index (χ3v) is 3.56. The van der Waals surface area contributed by atoms with Gasteiger partial charge in [-0.05, 0) is 6.07 Å². The molecule has 0 spiro atoms. The van der Waals surface area contributed by atoms with E-state index in [1.54, 1.807) is 0 Å². The zero-order chi connectivity index (χ0) is 12.6. The van der Waals surface area contributed by atoms with Gasteiger partial charge in [0.25, 0.3) is 5.69 Å². The molecule has 1 heterocycles. The lowest BCUT2D eigenvalue weighted by molar-refractivity contribution is -0.384. The monoisotopic (exact) mass is 291 g/mol. The quantitative estimate of drug-likeness (QED) is 0.472. The van der Waals surface area contributed by atoms with Crippen LogP contribution in [0.15, 0.2) is 18.2 Å². The number of thiophene rings is 1. The van der Waals surface area contributed by atoms with E-state index in [9.17, 15) is 14.9 Å². The van der Waals surface area contributed by atoms with Crippen LogP contribution in [0.2, 0.25) is 5.02 Å². The highest BCUT2D eigenvalue weighted by molar-refractivity contribution is 7.21. The molecule has 0 aliphatic carbocycles. The van der Waals surface area contributed by atoms with Gasteiger partial charge in [0.2, 0.25) is 5.06 Å². The van der Waals surface area contributed by atoms with Crippen LogP contribution in [0.1, 0.15) is 0 Å². The molecule has 0 N–H and O–H groups in total. The molecule has 0 aliphatic heterocycles. The largest absolute Gasteiger partial charge is 0.410 e. The van der Waals surface area contributed by atoms with E-state index in [0.29, 0.717) is 10.1 Å². The van der Waals surface area contributed by atoms with E-state index in [1.807, 2.05) is 0 Å². The minimum absolute atomic E-state index is 0.0563. The number of non-ortho nitro benzene ring substituents is 1. The second-order valence-electron chi connectivity index (χ2n) is 2.98. The number of carbonyl (C=O) groups is 1. The molecule has 0 aliphatic rings. The number of hydrogen-bond donors (Lipinski definition) is 0. The summed E-state index contributed by atoms with van der Waals surface area (Å²) in [6.07, 6.45) is 0. The van der Waals surface area contributed by atoms with E-state index >= 15 is 0 Å². The Morgan fingerprint density at radius 2 is 2.18 bits per heavy atom. The van der Waals surface area contributed by atoms with Gasteiger partial charge in [0.15, 0.2) is 0 Å². The number of nitro benzene ring substituents is 1. The molecule has 0 atom stereocenters. The zero-order valence-electron chi connectivity index (χ0n) is 7.98. The number of fused-ring (bicyclic) bond motifs is 1. The molecular weight excluding hydrogens is 289 g/mol. The van der Waals surface area contributed by atoms with Crippen molar-refractivity contribution in [1.29, 1.82) is 0 Å². The van der Waals surface area contributed by atoms with E-state index in [0.717, 1.165) is 11.3 Å². The maximum Gasteiger partial charge on any atom is 0.410 e. The lowest BCUT2D eigenvalue weighted by atomic mass is 10.2. The van der Waals surface area contributed by atoms with Crippen LogP contribution in [0, 0.1) is 10.1 Å². The molecular formula is C9H3Cl2NO4S. The summed E-state index contributed by atoms with van der Waals surface area (Å²) in [6.45, 7) is 0. The van der Waals surface area contributed by atoms with Crippen molar-refractivity contribution in [1.82, 2.24) is 0 Å². The van der Waals surface area contributed by atoms with Gasteiger partial charge in [0, 0.05) is 33.8 Å². The number of halogens is 2. The van der Waals surface area contributed by atoms with Crippen LogP contribution in [0.5, 0.6) is 5.06 Å². The molecule has 2 rings (SSSR count). The minimum Gasteiger partial charge on any atom is -0.402 e. The van der Waals surface area contributed by atoms with Crippen LogP contribution in [0.25, 0.3) is 10.1 Å². The van der Waals surface area contributed by atoms with Crippen molar-refractivity contribution in [3.8, 4) is 5.06 Å². The van der Waals surface area contributed by atoms with E-state index < -0.39 is 10.4 Å². The Balaban J connectivity index is 2.57. The van der Waals surface area contributed by atoms with E-state index in [2.05, 4.69) is 4.74 Å². The van der Waals surface area contributed by atoms with Crippen molar-refractivity contribution in [2.45, 2.75) is 0 Å². The summed E-state index contributed by atoms with van der Waals surface area (Å²) in [4.78, 5) is 20.7. The van der Waals surface area contributed by atoms with Crippen molar-refractivity contribution >= 4 is 55.7 Å². The molecule has 0 saturated carbocycles. The standard InChI is InChI=1S/C9H3Cl2NO4S/c10-7-5-2-1-4(12(14)15)3-6(5)17-8(7)16-9(11)13/h1-3H. The molecule has 0 amide bonds. The molecule has 1 aromatic heterocycles. The first kappa shape index (κ1) is 12.1. The first-order valence-electron chi connectivity index (χ1n) is 4.23. The second-order valence-corrected chi connectivity index (χ2v) is 4.68. The summed E-state index contributed by atoms with van der Waals surface area (Å²) in [5.41, 5.74) is -1.06. The van der Waals surface area contributed by atoms with Crippen LogP contribution in [-0.2, 0) is 0 Å².